The van der Waals surface area contributed by atoms with Crippen LogP contribution in [-0.4, -0.2) is 27.4 Å². The number of nitrogens with one attached hydrogen (secondary N) is 1. The lowest BCUT2D eigenvalue weighted by Gasteiger charge is -2.10. The lowest BCUT2D eigenvalue weighted by Crippen LogP contribution is -2.16. The molecule has 128 valence electrons. The topological polar surface area (TPSA) is 72.7 Å². The van der Waals surface area contributed by atoms with Crippen LogP contribution in [0, 0.1) is 6.92 Å². The van der Waals surface area contributed by atoms with Crippen LogP contribution in [-0.2, 0) is 4.74 Å². The van der Waals surface area contributed by atoms with Crippen LogP contribution < -0.4 is 5.32 Å². The van der Waals surface area contributed by atoms with E-state index in [2.05, 4.69) is 10.3 Å². The van der Waals surface area contributed by atoms with Gasteiger partial charge in [0.1, 0.15) is 11.3 Å². The Morgan fingerprint density at radius 2 is 1.96 bits per heavy atom. The van der Waals surface area contributed by atoms with Crippen molar-refractivity contribution in [3.8, 4) is 0 Å². The Morgan fingerprint density at radius 3 is 2.72 bits per heavy atom. The number of rotatable bonds is 4. The summed E-state index contributed by atoms with van der Waals surface area (Å²) in [7, 11) is 0. The Kier molecular flexibility index (Phi) is 4.52. The molecule has 6 heteroatoms. The Hall–Kier alpha value is -3.15. The van der Waals surface area contributed by atoms with E-state index in [1.54, 1.807) is 55.6 Å². The van der Waals surface area contributed by atoms with E-state index in [0.29, 0.717) is 28.3 Å². The molecular weight excluding hydrogens is 318 g/mol. The molecule has 0 spiro atoms. The maximum atomic E-state index is 12.7. The van der Waals surface area contributed by atoms with Gasteiger partial charge in [0.05, 0.1) is 17.4 Å². The molecule has 1 N–H and O–H groups in total. The lowest BCUT2D eigenvalue weighted by atomic mass is 10.2. The normalized spacial score (nSPS) is 10.9. The number of amides is 1. The molecule has 0 saturated carbocycles. The van der Waals surface area contributed by atoms with E-state index in [1.165, 1.54) is 0 Å². The molecule has 0 aliphatic rings. The smallest absolute Gasteiger partial charge is 0.338 e. The van der Waals surface area contributed by atoms with Gasteiger partial charge in [-0.2, -0.15) is 0 Å². The van der Waals surface area contributed by atoms with Gasteiger partial charge in [0.15, 0.2) is 0 Å². The largest absolute Gasteiger partial charge is 0.459 e. The lowest BCUT2D eigenvalue weighted by molar-refractivity contribution is 0.0378. The Balaban J connectivity index is 1.86. The van der Waals surface area contributed by atoms with E-state index in [1.807, 2.05) is 18.2 Å². The first kappa shape index (κ1) is 16.7. The van der Waals surface area contributed by atoms with E-state index >= 15 is 0 Å². The first-order valence-corrected chi connectivity index (χ1v) is 8.02. The van der Waals surface area contributed by atoms with Crippen molar-refractivity contribution in [2.45, 2.75) is 26.9 Å². The number of hydrogen-bond donors (Lipinski definition) is 1. The summed E-state index contributed by atoms with van der Waals surface area (Å²) in [5.41, 5.74) is 2.72. The molecule has 0 saturated heterocycles. The number of hydrogen-bond acceptors (Lipinski definition) is 4. The van der Waals surface area contributed by atoms with Gasteiger partial charge in [-0.15, -0.1) is 0 Å². The highest BCUT2D eigenvalue weighted by Crippen LogP contribution is 2.16. The van der Waals surface area contributed by atoms with Crippen LogP contribution in [0.5, 0.6) is 0 Å². The molecule has 0 aliphatic heterocycles. The third-order valence-corrected chi connectivity index (χ3v) is 3.62. The number of carbonyl (C=O) groups excluding carboxylic acids is 2. The first-order chi connectivity index (χ1) is 12.0. The van der Waals surface area contributed by atoms with Crippen LogP contribution in [0.4, 0.5) is 5.69 Å². The molecule has 3 rings (SSSR count). The average Bonchev–Trinajstić information content (AvgIpc) is 2.90. The first-order valence-electron chi connectivity index (χ1n) is 8.02. The summed E-state index contributed by atoms with van der Waals surface area (Å²) in [6.45, 7) is 5.37. The van der Waals surface area contributed by atoms with Crippen LogP contribution in [0.2, 0.25) is 0 Å². The molecule has 3 aromatic rings. The van der Waals surface area contributed by atoms with Crippen molar-refractivity contribution >= 4 is 23.2 Å². The van der Waals surface area contributed by atoms with Crippen LogP contribution in [0.1, 0.15) is 40.4 Å². The molecule has 6 nitrogen and oxygen atoms in total. The highest BCUT2D eigenvalue weighted by molar-refractivity contribution is 6.05. The summed E-state index contributed by atoms with van der Waals surface area (Å²) in [5.74, 6) is -0.706. The van der Waals surface area contributed by atoms with Crippen molar-refractivity contribution in [2.24, 2.45) is 0 Å². The third kappa shape index (κ3) is 3.52. The molecule has 2 heterocycles. The highest BCUT2D eigenvalue weighted by Gasteiger charge is 2.17. The number of imidazole rings is 1. The summed E-state index contributed by atoms with van der Waals surface area (Å²) in [4.78, 5) is 29.1. The van der Waals surface area contributed by atoms with Crippen LogP contribution in [0.25, 0.3) is 5.65 Å². The van der Waals surface area contributed by atoms with Gasteiger partial charge in [-0.25, -0.2) is 9.78 Å². The van der Waals surface area contributed by atoms with Crippen molar-refractivity contribution in [1.82, 2.24) is 9.38 Å². The zero-order valence-corrected chi connectivity index (χ0v) is 14.3. The number of anilines is 1. The van der Waals surface area contributed by atoms with Gasteiger partial charge in [0.2, 0.25) is 0 Å². The molecule has 0 atom stereocenters. The number of pyridine rings is 1. The Labute approximate surface area is 145 Å². The minimum atomic E-state index is -0.419. The van der Waals surface area contributed by atoms with Crippen molar-refractivity contribution in [2.75, 3.05) is 5.32 Å². The van der Waals surface area contributed by atoms with E-state index in [0.717, 1.165) is 0 Å². The summed E-state index contributed by atoms with van der Waals surface area (Å²) in [6, 6.07) is 12.2. The van der Waals surface area contributed by atoms with Crippen molar-refractivity contribution in [3.05, 3.63) is 65.6 Å². The fourth-order valence-electron chi connectivity index (χ4n) is 2.58. The quantitative estimate of drug-likeness (QED) is 0.740. The van der Waals surface area contributed by atoms with Gasteiger partial charge in [0, 0.05) is 11.9 Å². The highest BCUT2D eigenvalue weighted by atomic mass is 16.5. The van der Waals surface area contributed by atoms with Crippen LogP contribution >= 0.6 is 0 Å². The van der Waals surface area contributed by atoms with E-state index in [9.17, 15) is 9.59 Å². The van der Waals surface area contributed by atoms with Gasteiger partial charge in [-0.05, 0) is 51.1 Å². The maximum absolute atomic E-state index is 12.7. The zero-order valence-electron chi connectivity index (χ0n) is 14.3. The SMILES string of the molecule is Cc1nc2ccccn2c1C(=O)Nc1cccc(C(=O)OC(C)C)c1. The Bertz CT molecular complexity index is 944. The second kappa shape index (κ2) is 6.76. The fourth-order valence-corrected chi connectivity index (χ4v) is 2.58. The molecular formula is C19H19N3O3. The van der Waals surface area contributed by atoms with Gasteiger partial charge in [0.25, 0.3) is 5.91 Å². The van der Waals surface area contributed by atoms with Gasteiger partial charge >= 0.3 is 5.97 Å². The standard InChI is InChI=1S/C19H19N3O3/c1-12(2)25-19(24)14-7-6-8-15(11-14)21-18(23)17-13(3)20-16-9-4-5-10-22(16)17/h4-12H,1-3H3,(H,21,23). The number of aryl methyl sites for hydroxylation is 1. The van der Waals surface area contributed by atoms with Crippen molar-refractivity contribution < 1.29 is 14.3 Å². The van der Waals surface area contributed by atoms with Crippen LogP contribution in [0.3, 0.4) is 0 Å². The number of benzene rings is 1. The molecule has 1 aromatic carbocycles. The monoisotopic (exact) mass is 337 g/mol. The maximum Gasteiger partial charge on any atom is 0.338 e. The molecule has 0 unspecified atom stereocenters. The number of esters is 1. The summed E-state index contributed by atoms with van der Waals surface area (Å²) in [6.07, 6.45) is 1.59. The van der Waals surface area contributed by atoms with Crippen LogP contribution in [0.15, 0.2) is 48.7 Å². The zero-order chi connectivity index (χ0) is 18.0. The molecule has 1 amide bonds. The average molecular weight is 337 g/mol. The number of ether oxygens (including phenoxy) is 1. The second-order valence-corrected chi connectivity index (χ2v) is 5.96. The second-order valence-electron chi connectivity index (χ2n) is 5.96. The third-order valence-electron chi connectivity index (χ3n) is 3.62. The van der Waals surface area contributed by atoms with E-state index in [4.69, 9.17) is 4.74 Å². The number of aromatic nitrogens is 2. The molecule has 25 heavy (non-hydrogen) atoms. The molecule has 2 aromatic heterocycles. The van der Waals surface area contributed by atoms with Crippen molar-refractivity contribution in [1.29, 1.82) is 0 Å². The predicted molar refractivity (Wildman–Crippen MR) is 94.9 cm³/mol. The molecule has 0 aliphatic carbocycles. The van der Waals surface area contributed by atoms with E-state index < -0.39 is 5.97 Å². The van der Waals surface area contributed by atoms with Gasteiger partial charge in [-0.1, -0.05) is 12.1 Å². The Morgan fingerprint density at radius 1 is 1.16 bits per heavy atom. The number of nitrogens with zero attached hydrogens (tertiary/aromatic N) is 2. The van der Waals surface area contributed by atoms with Gasteiger partial charge < -0.3 is 10.1 Å². The number of carbonyl (C=O) groups is 2. The number of fused-ring (bicyclic) bond motifs is 1. The molecule has 0 bridgehead atoms. The minimum Gasteiger partial charge on any atom is -0.459 e. The summed E-state index contributed by atoms with van der Waals surface area (Å²) >= 11 is 0. The van der Waals surface area contributed by atoms with Gasteiger partial charge in [-0.3, -0.25) is 9.20 Å². The van der Waals surface area contributed by atoms with Crippen molar-refractivity contribution in [3.63, 3.8) is 0 Å². The molecule has 0 fully saturated rings. The summed E-state index contributed by atoms with van der Waals surface area (Å²) < 4.78 is 6.92. The predicted octanol–water partition coefficient (Wildman–Crippen LogP) is 3.46. The van der Waals surface area contributed by atoms with E-state index in [-0.39, 0.29) is 12.0 Å². The fraction of sp³-hybridized carbons (Fsp3) is 0.211. The summed E-state index contributed by atoms with van der Waals surface area (Å²) in [5, 5.41) is 2.82. The minimum absolute atomic E-state index is 0.202. The molecule has 0 radical (unpaired) electrons.